The van der Waals surface area contributed by atoms with Crippen LogP contribution in [0.25, 0.3) is 0 Å². The van der Waals surface area contributed by atoms with Crippen LogP contribution >= 0.6 is 0 Å². The van der Waals surface area contributed by atoms with Gasteiger partial charge in [0.05, 0.1) is 4.92 Å². The van der Waals surface area contributed by atoms with E-state index in [1.807, 2.05) is 0 Å². The first-order valence-electron chi connectivity index (χ1n) is 8.05. The van der Waals surface area contributed by atoms with Crippen molar-refractivity contribution in [1.82, 2.24) is 4.90 Å². The average molecular weight is 324 g/mol. The third-order valence-electron chi connectivity index (χ3n) is 3.21. The molecule has 1 rings (SSSR count). The first-order chi connectivity index (χ1) is 10.8. The van der Waals surface area contributed by atoms with E-state index in [1.54, 1.807) is 12.1 Å². The minimum atomic E-state index is -0.595. The highest BCUT2D eigenvalue weighted by atomic mass is 16.6. The van der Waals surface area contributed by atoms with Crippen LogP contribution in [0.5, 0.6) is 5.75 Å². The number of aliphatic hydroxyl groups excluding tert-OH is 1. The number of hydrogen-bond acceptors (Lipinski definition) is 5. The highest BCUT2D eigenvalue weighted by molar-refractivity contribution is 5.35. The van der Waals surface area contributed by atoms with Crippen LogP contribution < -0.4 is 4.74 Å². The number of aliphatic hydroxyl groups is 1. The second-order valence-electron chi connectivity index (χ2n) is 6.72. The zero-order chi connectivity index (χ0) is 17.4. The standard InChI is InChI=1S/C17H28N2O4/c1-13(2)9-18(10-14(3)4)11-16(20)12-23-17-7-5-15(6-8-17)19(21)22/h5-8,13-14,16,20H,9-12H2,1-4H3/t16-/m0/s1. The number of rotatable bonds is 10. The fourth-order valence-electron chi connectivity index (χ4n) is 2.46. The lowest BCUT2D eigenvalue weighted by Gasteiger charge is -2.28. The fraction of sp³-hybridized carbons (Fsp3) is 0.647. The van der Waals surface area contributed by atoms with E-state index in [2.05, 4.69) is 32.6 Å². The first kappa shape index (κ1) is 19.4. The lowest BCUT2D eigenvalue weighted by atomic mass is 10.1. The van der Waals surface area contributed by atoms with Crippen LogP contribution in [-0.4, -0.2) is 47.3 Å². The molecule has 23 heavy (non-hydrogen) atoms. The van der Waals surface area contributed by atoms with E-state index in [-0.39, 0.29) is 12.3 Å². The molecule has 0 amide bonds. The molecule has 0 aliphatic rings. The minimum Gasteiger partial charge on any atom is -0.491 e. The molecular formula is C17H28N2O4. The Labute approximate surface area is 138 Å². The Morgan fingerprint density at radius 3 is 2.04 bits per heavy atom. The van der Waals surface area contributed by atoms with Crippen molar-refractivity contribution in [3.63, 3.8) is 0 Å². The molecule has 0 spiro atoms. The van der Waals surface area contributed by atoms with Crippen molar-refractivity contribution < 1.29 is 14.8 Å². The van der Waals surface area contributed by atoms with Crippen LogP contribution in [0.2, 0.25) is 0 Å². The highest BCUT2D eigenvalue weighted by Crippen LogP contribution is 2.17. The molecule has 0 heterocycles. The van der Waals surface area contributed by atoms with Crippen LogP contribution in [0.4, 0.5) is 5.69 Å². The number of hydrogen-bond donors (Lipinski definition) is 1. The molecule has 1 aromatic carbocycles. The molecule has 0 saturated carbocycles. The number of benzene rings is 1. The maximum absolute atomic E-state index is 10.6. The zero-order valence-corrected chi connectivity index (χ0v) is 14.4. The van der Waals surface area contributed by atoms with Gasteiger partial charge in [-0.2, -0.15) is 0 Å². The van der Waals surface area contributed by atoms with E-state index in [9.17, 15) is 15.2 Å². The second-order valence-corrected chi connectivity index (χ2v) is 6.72. The molecule has 0 saturated heterocycles. The van der Waals surface area contributed by atoms with Crippen molar-refractivity contribution in [2.24, 2.45) is 11.8 Å². The molecule has 0 unspecified atom stereocenters. The van der Waals surface area contributed by atoms with Gasteiger partial charge in [0.15, 0.2) is 0 Å². The van der Waals surface area contributed by atoms with Crippen LogP contribution in [0.15, 0.2) is 24.3 Å². The number of nitrogens with zero attached hydrogens (tertiary/aromatic N) is 2. The third-order valence-corrected chi connectivity index (χ3v) is 3.21. The summed E-state index contributed by atoms with van der Waals surface area (Å²) in [6.07, 6.45) is -0.595. The van der Waals surface area contributed by atoms with Crippen LogP contribution in [0, 0.1) is 22.0 Å². The molecule has 6 heteroatoms. The van der Waals surface area contributed by atoms with Gasteiger partial charge in [0.2, 0.25) is 0 Å². The van der Waals surface area contributed by atoms with Gasteiger partial charge in [-0.1, -0.05) is 27.7 Å². The third kappa shape index (κ3) is 7.95. The van der Waals surface area contributed by atoms with E-state index in [4.69, 9.17) is 4.74 Å². The summed E-state index contributed by atoms with van der Waals surface area (Å²) >= 11 is 0. The number of ether oxygens (including phenoxy) is 1. The smallest absolute Gasteiger partial charge is 0.269 e. The average Bonchev–Trinajstić information content (AvgIpc) is 2.44. The topological polar surface area (TPSA) is 75.8 Å². The second kappa shape index (κ2) is 9.47. The van der Waals surface area contributed by atoms with E-state index >= 15 is 0 Å². The minimum absolute atomic E-state index is 0.0259. The van der Waals surface area contributed by atoms with Crippen molar-refractivity contribution in [1.29, 1.82) is 0 Å². The number of nitro benzene ring substituents is 1. The Balaban J connectivity index is 2.47. The van der Waals surface area contributed by atoms with Gasteiger partial charge in [-0.05, 0) is 24.0 Å². The van der Waals surface area contributed by atoms with Gasteiger partial charge < -0.3 is 14.7 Å². The number of non-ortho nitro benzene ring substituents is 1. The molecule has 1 atom stereocenters. The summed E-state index contributed by atoms with van der Waals surface area (Å²) < 4.78 is 5.51. The van der Waals surface area contributed by atoms with Crippen LogP contribution in [0.1, 0.15) is 27.7 Å². The Morgan fingerprint density at radius 1 is 1.09 bits per heavy atom. The molecule has 0 fully saturated rings. The fourth-order valence-corrected chi connectivity index (χ4v) is 2.46. The van der Waals surface area contributed by atoms with Gasteiger partial charge in [0.1, 0.15) is 18.5 Å². The zero-order valence-electron chi connectivity index (χ0n) is 14.4. The van der Waals surface area contributed by atoms with Gasteiger partial charge in [-0.15, -0.1) is 0 Å². The Morgan fingerprint density at radius 2 is 1.61 bits per heavy atom. The quantitative estimate of drug-likeness (QED) is 0.529. The van der Waals surface area contributed by atoms with Gasteiger partial charge >= 0.3 is 0 Å². The van der Waals surface area contributed by atoms with E-state index < -0.39 is 11.0 Å². The summed E-state index contributed by atoms with van der Waals surface area (Å²) in [5, 5.41) is 20.8. The van der Waals surface area contributed by atoms with Gasteiger partial charge in [-0.25, -0.2) is 0 Å². The van der Waals surface area contributed by atoms with Crippen molar-refractivity contribution in [2.45, 2.75) is 33.8 Å². The van der Waals surface area contributed by atoms with Gasteiger partial charge in [-0.3, -0.25) is 10.1 Å². The molecule has 6 nitrogen and oxygen atoms in total. The summed E-state index contributed by atoms with van der Waals surface area (Å²) in [6, 6.07) is 5.88. The molecule has 1 aromatic rings. The van der Waals surface area contributed by atoms with Crippen molar-refractivity contribution in [3.05, 3.63) is 34.4 Å². The Bertz CT molecular complexity index is 464. The van der Waals surface area contributed by atoms with Crippen LogP contribution in [-0.2, 0) is 0 Å². The van der Waals surface area contributed by atoms with E-state index in [1.165, 1.54) is 12.1 Å². The van der Waals surface area contributed by atoms with Crippen molar-refractivity contribution in [2.75, 3.05) is 26.2 Å². The van der Waals surface area contributed by atoms with Crippen molar-refractivity contribution in [3.8, 4) is 5.75 Å². The highest BCUT2D eigenvalue weighted by Gasteiger charge is 2.15. The molecule has 0 bridgehead atoms. The van der Waals surface area contributed by atoms with E-state index in [0.717, 1.165) is 13.1 Å². The molecule has 0 aromatic heterocycles. The normalized spacial score (nSPS) is 12.9. The van der Waals surface area contributed by atoms with Crippen LogP contribution in [0.3, 0.4) is 0 Å². The predicted molar refractivity (Wildman–Crippen MR) is 90.7 cm³/mol. The monoisotopic (exact) mass is 324 g/mol. The molecular weight excluding hydrogens is 296 g/mol. The molecule has 0 radical (unpaired) electrons. The summed E-state index contributed by atoms with van der Waals surface area (Å²) in [4.78, 5) is 12.4. The summed E-state index contributed by atoms with van der Waals surface area (Å²) in [5.41, 5.74) is 0.0259. The lowest BCUT2D eigenvalue weighted by Crippen LogP contribution is -2.39. The number of nitro groups is 1. The molecule has 0 aliphatic heterocycles. The maximum atomic E-state index is 10.6. The summed E-state index contributed by atoms with van der Waals surface area (Å²) in [5.74, 6) is 1.60. The Kier molecular flexibility index (Phi) is 7.98. The molecule has 130 valence electrons. The SMILES string of the molecule is CC(C)CN(CC(C)C)C[C@H](O)COc1ccc([N+](=O)[O-])cc1. The van der Waals surface area contributed by atoms with Gasteiger partial charge in [0, 0.05) is 31.8 Å². The summed E-state index contributed by atoms with van der Waals surface area (Å²) in [6.45, 7) is 11.2. The summed E-state index contributed by atoms with van der Waals surface area (Å²) in [7, 11) is 0. The molecule has 1 N–H and O–H groups in total. The lowest BCUT2D eigenvalue weighted by molar-refractivity contribution is -0.384. The maximum Gasteiger partial charge on any atom is 0.269 e. The van der Waals surface area contributed by atoms with E-state index in [0.29, 0.717) is 24.1 Å². The Hall–Kier alpha value is -1.66. The first-order valence-corrected chi connectivity index (χ1v) is 8.05. The molecule has 0 aliphatic carbocycles. The largest absolute Gasteiger partial charge is 0.491 e. The van der Waals surface area contributed by atoms with Crippen molar-refractivity contribution >= 4 is 5.69 Å². The van der Waals surface area contributed by atoms with Gasteiger partial charge in [0.25, 0.3) is 5.69 Å². The predicted octanol–water partition coefficient (Wildman–Crippen LogP) is 2.95.